The van der Waals surface area contributed by atoms with Gasteiger partial charge in [0.2, 0.25) is 0 Å². The van der Waals surface area contributed by atoms with Crippen molar-refractivity contribution in [3.8, 4) is 0 Å². The Morgan fingerprint density at radius 3 is 2.76 bits per heavy atom. The molecule has 2 atom stereocenters. The lowest BCUT2D eigenvalue weighted by atomic mass is 10.1. The third-order valence-corrected chi connectivity index (χ3v) is 3.58. The molecular weight excluding hydrogens is 236 g/mol. The number of hydrogen-bond donors (Lipinski definition) is 2. The number of amides is 1. The fourth-order valence-electron chi connectivity index (χ4n) is 2.36. The summed E-state index contributed by atoms with van der Waals surface area (Å²) in [5.74, 6) is 0.466. The maximum absolute atomic E-state index is 12.0. The number of anilines is 1. The van der Waals surface area contributed by atoms with E-state index in [1.165, 1.54) is 12.8 Å². The van der Waals surface area contributed by atoms with E-state index in [9.17, 15) is 4.79 Å². The fraction of sp³-hybridized carbons (Fsp3) is 0.462. The molecule has 1 aromatic rings. The van der Waals surface area contributed by atoms with Gasteiger partial charge in [-0.2, -0.15) is 0 Å². The van der Waals surface area contributed by atoms with E-state index < -0.39 is 0 Å². The zero-order chi connectivity index (χ0) is 12.4. The molecule has 1 amide bonds. The molecule has 0 heterocycles. The molecule has 1 fully saturated rings. The molecule has 2 unspecified atom stereocenters. The molecule has 0 aromatic heterocycles. The molecule has 3 N–H and O–H groups in total. The van der Waals surface area contributed by atoms with Gasteiger partial charge in [0.25, 0.3) is 5.91 Å². The average molecular weight is 253 g/mol. The Labute approximate surface area is 106 Å². The monoisotopic (exact) mass is 252 g/mol. The Morgan fingerprint density at radius 2 is 2.18 bits per heavy atom. The number of benzene rings is 1. The molecule has 3 nitrogen and oxygen atoms in total. The number of nitrogens with two attached hydrogens (primary N) is 1. The van der Waals surface area contributed by atoms with E-state index in [0.717, 1.165) is 6.42 Å². The summed E-state index contributed by atoms with van der Waals surface area (Å²) in [4.78, 5) is 12.0. The van der Waals surface area contributed by atoms with E-state index in [0.29, 0.717) is 22.2 Å². The Balaban J connectivity index is 2.09. The quantitative estimate of drug-likeness (QED) is 0.796. The van der Waals surface area contributed by atoms with Crippen LogP contribution in [0.25, 0.3) is 0 Å². The molecule has 0 aliphatic heterocycles. The van der Waals surface area contributed by atoms with Gasteiger partial charge in [-0.1, -0.05) is 24.9 Å². The Hall–Kier alpha value is -1.22. The topological polar surface area (TPSA) is 55.1 Å². The molecule has 92 valence electrons. The van der Waals surface area contributed by atoms with Gasteiger partial charge in [-0.05, 0) is 37.0 Å². The van der Waals surface area contributed by atoms with Gasteiger partial charge < -0.3 is 11.1 Å². The van der Waals surface area contributed by atoms with Crippen LogP contribution in [-0.4, -0.2) is 11.9 Å². The lowest BCUT2D eigenvalue weighted by molar-refractivity contribution is 0.0929. The molecule has 1 saturated carbocycles. The number of carbonyl (C=O) groups is 1. The zero-order valence-electron chi connectivity index (χ0n) is 9.87. The molecule has 1 aliphatic rings. The SMILES string of the molecule is CC1CCCC1NC(=O)c1cc(N)cc(Cl)c1. The smallest absolute Gasteiger partial charge is 0.251 e. The molecule has 0 saturated heterocycles. The van der Waals surface area contributed by atoms with Crippen LogP contribution in [0.15, 0.2) is 18.2 Å². The van der Waals surface area contributed by atoms with Crippen LogP contribution in [0.2, 0.25) is 5.02 Å². The summed E-state index contributed by atoms with van der Waals surface area (Å²) in [7, 11) is 0. The van der Waals surface area contributed by atoms with Crippen molar-refractivity contribution in [2.75, 3.05) is 5.73 Å². The van der Waals surface area contributed by atoms with Gasteiger partial charge in [0.1, 0.15) is 0 Å². The number of nitrogen functional groups attached to an aromatic ring is 1. The molecular formula is C13H17ClN2O. The molecule has 0 radical (unpaired) electrons. The van der Waals surface area contributed by atoms with Crippen molar-refractivity contribution >= 4 is 23.2 Å². The largest absolute Gasteiger partial charge is 0.399 e. The first-order valence-electron chi connectivity index (χ1n) is 5.93. The number of hydrogen-bond acceptors (Lipinski definition) is 2. The van der Waals surface area contributed by atoms with Crippen LogP contribution >= 0.6 is 11.6 Å². The summed E-state index contributed by atoms with van der Waals surface area (Å²) in [6, 6.07) is 5.22. The van der Waals surface area contributed by atoms with E-state index in [1.54, 1.807) is 18.2 Å². The number of nitrogens with one attached hydrogen (secondary N) is 1. The summed E-state index contributed by atoms with van der Waals surface area (Å²) < 4.78 is 0. The van der Waals surface area contributed by atoms with Crippen molar-refractivity contribution in [1.82, 2.24) is 5.32 Å². The van der Waals surface area contributed by atoms with Crippen molar-refractivity contribution < 1.29 is 4.79 Å². The van der Waals surface area contributed by atoms with E-state index in [-0.39, 0.29) is 11.9 Å². The number of carbonyl (C=O) groups excluding carboxylic acids is 1. The summed E-state index contributed by atoms with van der Waals surface area (Å²) in [6.07, 6.45) is 3.43. The minimum atomic E-state index is -0.0852. The van der Waals surface area contributed by atoms with Crippen molar-refractivity contribution in [3.63, 3.8) is 0 Å². The molecule has 0 spiro atoms. The van der Waals surface area contributed by atoms with Crippen LogP contribution in [0.5, 0.6) is 0 Å². The normalized spacial score (nSPS) is 23.6. The second-order valence-electron chi connectivity index (χ2n) is 4.76. The van der Waals surface area contributed by atoms with E-state index in [4.69, 9.17) is 17.3 Å². The summed E-state index contributed by atoms with van der Waals surface area (Å²) >= 11 is 5.88. The maximum atomic E-state index is 12.0. The lowest BCUT2D eigenvalue weighted by Gasteiger charge is -2.17. The van der Waals surface area contributed by atoms with Crippen LogP contribution in [-0.2, 0) is 0 Å². The average Bonchev–Trinajstić information content (AvgIpc) is 2.63. The van der Waals surface area contributed by atoms with Crippen LogP contribution in [0, 0.1) is 5.92 Å². The maximum Gasteiger partial charge on any atom is 0.251 e. The molecule has 1 aliphatic carbocycles. The number of rotatable bonds is 2. The van der Waals surface area contributed by atoms with E-state index in [1.807, 2.05) is 0 Å². The van der Waals surface area contributed by atoms with Gasteiger partial charge in [-0.15, -0.1) is 0 Å². The highest BCUT2D eigenvalue weighted by molar-refractivity contribution is 6.31. The molecule has 2 rings (SSSR count). The van der Waals surface area contributed by atoms with Gasteiger partial charge in [0, 0.05) is 22.3 Å². The summed E-state index contributed by atoms with van der Waals surface area (Å²) in [6.45, 7) is 2.17. The Kier molecular flexibility index (Phi) is 3.57. The van der Waals surface area contributed by atoms with Crippen LogP contribution < -0.4 is 11.1 Å². The van der Waals surface area contributed by atoms with Crippen molar-refractivity contribution in [3.05, 3.63) is 28.8 Å². The predicted molar refractivity (Wildman–Crippen MR) is 70.1 cm³/mol. The number of halogens is 1. The molecule has 1 aromatic carbocycles. The van der Waals surface area contributed by atoms with Crippen molar-refractivity contribution in [1.29, 1.82) is 0 Å². The van der Waals surface area contributed by atoms with Gasteiger partial charge in [-0.3, -0.25) is 4.79 Å². The second-order valence-corrected chi connectivity index (χ2v) is 5.20. The highest BCUT2D eigenvalue weighted by atomic mass is 35.5. The van der Waals surface area contributed by atoms with Gasteiger partial charge >= 0.3 is 0 Å². The van der Waals surface area contributed by atoms with Gasteiger partial charge in [-0.25, -0.2) is 0 Å². The first-order chi connectivity index (χ1) is 8.06. The standard InChI is InChI=1S/C13H17ClN2O/c1-8-3-2-4-12(8)16-13(17)9-5-10(14)7-11(15)6-9/h5-8,12H,2-4,15H2,1H3,(H,16,17). The third-order valence-electron chi connectivity index (χ3n) is 3.36. The van der Waals surface area contributed by atoms with Crippen molar-refractivity contribution in [2.24, 2.45) is 5.92 Å². The first kappa shape index (κ1) is 12.2. The van der Waals surface area contributed by atoms with Crippen LogP contribution in [0.4, 0.5) is 5.69 Å². The third kappa shape index (κ3) is 2.91. The summed E-state index contributed by atoms with van der Waals surface area (Å²) in [5, 5.41) is 3.54. The Bertz CT molecular complexity index is 413. The molecule has 17 heavy (non-hydrogen) atoms. The molecule has 0 bridgehead atoms. The fourth-order valence-corrected chi connectivity index (χ4v) is 2.60. The van der Waals surface area contributed by atoms with E-state index >= 15 is 0 Å². The Morgan fingerprint density at radius 1 is 1.41 bits per heavy atom. The highest BCUT2D eigenvalue weighted by Gasteiger charge is 2.25. The van der Waals surface area contributed by atoms with Crippen LogP contribution in [0.1, 0.15) is 36.5 Å². The second kappa shape index (κ2) is 4.96. The first-order valence-corrected chi connectivity index (χ1v) is 6.31. The zero-order valence-corrected chi connectivity index (χ0v) is 10.6. The van der Waals surface area contributed by atoms with E-state index in [2.05, 4.69) is 12.2 Å². The van der Waals surface area contributed by atoms with Gasteiger partial charge in [0.05, 0.1) is 0 Å². The minimum absolute atomic E-state index is 0.0852. The lowest BCUT2D eigenvalue weighted by Crippen LogP contribution is -2.36. The summed E-state index contributed by atoms with van der Waals surface area (Å²) in [5.41, 5.74) is 6.72. The van der Waals surface area contributed by atoms with Crippen molar-refractivity contribution in [2.45, 2.75) is 32.2 Å². The van der Waals surface area contributed by atoms with Gasteiger partial charge in [0.15, 0.2) is 0 Å². The van der Waals surface area contributed by atoms with Crippen LogP contribution in [0.3, 0.4) is 0 Å². The minimum Gasteiger partial charge on any atom is -0.399 e. The predicted octanol–water partition coefficient (Wildman–Crippen LogP) is 2.84. The molecule has 4 heteroatoms. The highest BCUT2D eigenvalue weighted by Crippen LogP contribution is 2.25.